The number of carboxylic acid groups (broad SMARTS) is 1. The summed E-state index contributed by atoms with van der Waals surface area (Å²) in [4.78, 5) is 23.3. The Morgan fingerprint density at radius 3 is 2.67 bits per heavy atom. The van der Waals surface area contributed by atoms with E-state index in [1.165, 1.54) is 0 Å². The van der Waals surface area contributed by atoms with Gasteiger partial charge < -0.3 is 10.4 Å². The molecule has 1 atom stereocenters. The largest absolute Gasteiger partial charge is 0.480 e. The Morgan fingerprint density at radius 2 is 2.10 bits per heavy atom. The van der Waals surface area contributed by atoms with Crippen LogP contribution in [0.25, 0.3) is 11.4 Å². The van der Waals surface area contributed by atoms with Gasteiger partial charge in [-0.25, -0.2) is 4.79 Å². The summed E-state index contributed by atoms with van der Waals surface area (Å²) in [5.74, 6) is -1.37. The molecule has 1 aromatic heterocycles. The van der Waals surface area contributed by atoms with Crippen molar-refractivity contribution in [1.82, 2.24) is 25.9 Å². The number of hydrogen-bond donors (Lipinski definition) is 3. The van der Waals surface area contributed by atoms with E-state index in [0.29, 0.717) is 17.0 Å². The van der Waals surface area contributed by atoms with Crippen LogP contribution in [-0.2, 0) is 4.79 Å². The minimum atomic E-state index is -1.06. The highest BCUT2D eigenvalue weighted by molar-refractivity contribution is 5.97. The first kappa shape index (κ1) is 14.6. The normalized spacial score (nSPS) is 12.1. The molecule has 0 aliphatic rings. The second-order valence-corrected chi connectivity index (χ2v) is 4.85. The number of benzene rings is 1. The number of amides is 1. The minimum absolute atomic E-state index is 0.216. The summed E-state index contributed by atoms with van der Waals surface area (Å²) in [7, 11) is 0. The first-order valence-electron chi connectivity index (χ1n) is 6.36. The molecule has 0 saturated carbocycles. The number of carbonyl (C=O) groups is 2. The van der Waals surface area contributed by atoms with Crippen molar-refractivity contribution in [3.05, 3.63) is 29.8 Å². The van der Waals surface area contributed by atoms with E-state index in [2.05, 4.69) is 25.9 Å². The fourth-order valence-electron chi connectivity index (χ4n) is 1.82. The van der Waals surface area contributed by atoms with E-state index in [1.807, 2.05) is 0 Å². The number of aliphatic carboxylic acids is 1. The number of rotatable bonds is 5. The summed E-state index contributed by atoms with van der Waals surface area (Å²) >= 11 is 0. The summed E-state index contributed by atoms with van der Waals surface area (Å²) < 4.78 is 0. The van der Waals surface area contributed by atoms with Crippen LogP contribution in [0.5, 0.6) is 0 Å². The van der Waals surface area contributed by atoms with Gasteiger partial charge in [0.2, 0.25) is 5.82 Å². The van der Waals surface area contributed by atoms with Gasteiger partial charge in [0.05, 0.1) is 0 Å². The maximum atomic E-state index is 12.1. The highest BCUT2D eigenvalue weighted by Gasteiger charge is 2.24. The zero-order chi connectivity index (χ0) is 15.4. The van der Waals surface area contributed by atoms with Crippen molar-refractivity contribution in [2.24, 2.45) is 5.92 Å². The maximum Gasteiger partial charge on any atom is 0.326 e. The molecular formula is C13H15N5O3. The van der Waals surface area contributed by atoms with Gasteiger partial charge in [-0.15, -0.1) is 10.2 Å². The summed E-state index contributed by atoms with van der Waals surface area (Å²) in [6, 6.07) is 5.65. The van der Waals surface area contributed by atoms with E-state index in [9.17, 15) is 9.59 Å². The van der Waals surface area contributed by atoms with Crippen LogP contribution in [0.2, 0.25) is 0 Å². The van der Waals surface area contributed by atoms with Crippen molar-refractivity contribution < 1.29 is 14.7 Å². The molecule has 8 nitrogen and oxygen atoms in total. The lowest BCUT2D eigenvalue weighted by Gasteiger charge is -2.17. The van der Waals surface area contributed by atoms with Crippen LogP contribution in [0.3, 0.4) is 0 Å². The summed E-state index contributed by atoms with van der Waals surface area (Å²) in [5, 5.41) is 25.0. The van der Waals surface area contributed by atoms with Crippen LogP contribution in [0.15, 0.2) is 24.3 Å². The lowest BCUT2D eigenvalue weighted by molar-refractivity contribution is -0.140. The molecule has 110 valence electrons. The van der Waals surface area contributed by atoms with Crippen molar-refractivity contribution in [3.8, 4) is 11.4 Å². The molecule has 2 aromatic rings. The number of tetrazole rings is 1. The Kier molecular flexibility index (Phi) is 4.27. The molecule has 0 radical (unpaired) electrons. The lowest BCUT2D eigenvalue weighted by Crippen LogP contribution is -2.44. The first-order chi connectivity index (χ1) is 9.99. The van der Waals surface area contributed by atoms with E-state index in [1.54, 1.807) is 38.1 Å². The number of nitrogens with zero attached hydrogens (tertiary/aromatic N) is 3. The molecule has 1 aromatic carbocycles. The molecule has 1 heterocycles. The third kappa shape index (κ3) is 3.41. The zero-order valence-corrected chi connectivity index (χ0v) is 11.6. The van der Waals surface area contributed by atoms with Crippen molar-refractivity contribution in [2.45, 2.75) is 19.9 Å². The summed E-state index contributed by atoms with van der Waals surface area (Å²) in [5.41, 5.74) is 0.956. The molecule has 0 bridgehead atoms. The third-order valence-electron chi connectivity index (χ3n) is 2.95. The quantitative estimate of drug-likeness (QED) is 0.745. The number of carboxylic acids is 1. The molecule has 0 spiro atoms. The molecule has 1 amide bonds. The highest BCUT2D eigenvalue weighted by atomic mass is 16.4. The summed E-state index contributed by atoms with van der Waals surface area (Å²) in [6.07, 6.45) is 0. The topological polar surface area (TPSA) is 121 Å². The molecule has 2 rings (SSSR count). The molecule has 0 fully saturated rings. The van der Waals surface area contributed by atoms with Gasteiger partial charge in [0.1, 0.15) is 6.04 Å². The SMILES string of the molecule is CC(C)[C@H](NC(=O)c1cccc(-c2nn[nH]n2)c1)C(=O)O. The van der Waals surface area contributed by atoms with Gasteiger partial charge in [-0.3, -0.25) is 4.79 Å². The number of H-pyrrole nitrogens is 1. The Morgan fingerprint density at radius 1 is 1.33 bits per heavy atom. The third-order valence-corrected chi connectivity index (χ3v) is 2.95. The smallest absolute Gasteiger partial charge is 0.326 e. The van der Waals surface area contributed by atoms with Crippen molar-refractivity contribution in [1.29, 1.82) is 0 Å². The standard InChI is InChI=1S/C13H15N5O3/c1-7(2)10(13(20)21)14-12(19)9-5-3-4-8(6-9)11-15-17-18-16-11/h3-7,10H,1-2H3,(H,14,19)(H,20,21)(H,15,16,17,18)/t10-/m0/s1. The monoisotopic (exact) mass is 289 g/mol. The molecule has 0 saturated heterocycles. The molecular weight excluding hydrogens is 274 g/mol. The number of hydrogen-bond acceptors (Lipinski definition) is 5. The maximum absolute atomic E-state index is 12.1. The van der Waals surface area contributed by atoms with Gasteiger partial charge in [-0.1, -0.05) is 26.0 Å². The average molecular weight is 289 g/mol. The molecule has 0 unspecified atom stereocenters. The van der Waals surface area contributed by atoms with Gasteiger partial charge in [-0.2, -0.15) is 5.21 Å². The van der Waals surface area contributed by atoms with E-state index in [0.717, 1.165) is 0 Å². The zero-order valence-electron chi connectivity index (χ0n) is 11.6. The number of carbonyl (C=O) groups excluding carboxylic acids is 1. The highest BCUT2D eigenvalue weighted by Crippen LogP contribution is 2.15. The Hall–Kier alpha value is -2.77. The number of aromatic amines is 1. The predicted octanol–water partition coefficient (Wildman–Crippen LogP) is 0.706. The Bertz CT molecular complexity index is 639. The van der Waals surface area contributed by atoms with Gasteiger partial charge in [0.15, 0.2) is 0 Å². The van der Waals surface area contributed by atoms with Crippen LogP contribution in [-0.4, -0.2) is 43.6 Å². The van der Waals surface area contributed by atoms with Gasteiger partial charge in [-0.05, 0) is 23.3 Å². The van der Waals surface area contributed by atoms with Crippen molar-refractivity contribution in [2.75, 3.05) is 0 Å². The summed E-state index contributed by atoms with van der Waals surface area (Å²) in [6.45, 7) is 3.46. The van der Waals surface area contributed by atoms with E-state index in [-0.39, 0.29) is 5.92 Å². The van der Waals surface area contributed by atoms with E-state index in [4.69, 9.17) is 5.11 Å². The van der Waals surface area contributed by atoms with Crippen LogP contribution < -0.4 is 5.32 Å². The van der Waals surface area contributed by atoms with Crippen molar-refractivity contribution in [3.63, 3.8) is 0 Å². The second kappa shape index (κ2) is 6.12. The van der Waals surface area contributed by atoms with Crippen LogP contribution in [0.1, 0.15) is 24.2 Å². The molecule has 3 N–H and O–H groups in total. The van der Waals surface area contributed by atoms with Gasteiger partial charge in [0, 0.05) is 11.1 Å². The first-order valence-corrected chi connectivity index (χ1v) is 6.36. The van der Waals surface area contributed by atoms with Crippen LogP contribution in [0.4, 0.5) is 0 Å². The van der Waals surface area contributed by atoms with Gasteiger partial charge >= 0.3 is 5.97 Å². The van der Waals surface area contributed by atoms with Crippen LogP contribution in [0, 0.1) is 5.92 Å². The molecule has 21 heavy (non-hydrogen) atoms. The van der Waals surface area contributed by atoms with Gasteiger partial charge in [0.25, 0.3) is 5.91 Å². The fraction of sp³-hybridized carbons (Fsp3) is 0.308. The van der Waals surface area contributed by atoms with E-state index >= 15 is 0 Å². The second-order valence-electron chi connectivity index (χ2n) is 4.85. The minimum Gasteiger partial charge on any atom is -0.480 e. The fourth-order valence-corrected chi connectivity index (χ4v) is 1.82. The van der Waals surface area contributed by atoms with Crippen LogP contribution >= 0.6 is 0 Å². The molecule has 0 aliphatic carbocycles. The number of nitrogens with one attached hydrogen (secondary N) is 2. The Labute approximate surface area is 120 Å². The lowest BCUT2D eigenvalue weighted by atomic mass is 10.0. The number of aromatic nitrogens is 4. The van der Waals surface area contributed by atoms with Crippen molar-refractivity contribution >= 4 is 11.9 Å². The molecule has 0 aliphatic heterocycles. The Balaban J connectivity index is 2.20. The van der Waals surface area contributed by atoms with E-state index < -0.39 is 17.9 Å². The average Bonchev–Trinajstić information content (AvgIpc) is 2.98. The molecule has 8 heteroatoms. The predicted molar refractivity (Wildman–Crippen MR) is 73.3 cm³/mol.